The average molecular weight is 270 g/mol. The molecule has 18 heavy (non-hydrogen) atoms. The molecule has 0 aliphatic carbocycles. The summed E-state index contributed by atoms with van der Waals surface area (Å²) in [5.74, 6) is 0.161. The van der Waals surface area contributed by atoms with Crippen LogP contribution >= 0.6 is 0 Å². The van der Waals surface area contributed by atoms with Gasteiger partial charge >= 0.3 is 0 Å². The van der Waals surface area contributed by atoms with Gasteiger partial charge in [-0.1, -0.05) is 19.1 Å². The van der Waals surface area contributed by atoms with E-state index in [4.69, 9.17) is 5.73 Å². The minimum atomic E-state index is -3.22. The van der Waals surface area contributed by atoms with Gasteiger partial charge in [0.25, 0.3) is 0 Å². The molecular weight excluding hydrogens is 248 g/mol. The summed E-state index contributed by atoms with van der Waals surface area (Å²) in [7, 11) is -3.22. The summed E-state index contributed by atoms with van der Waals surface area (Å²) >= 11 is 0. The molecule has 0 fully saturated rings. The van der Waals surface area contributed by atoms with E-state index in [0.717, 1.165) is 0 Å². The van der Waals surface area contributed by atoms with Crippen LogP contribution in [0.1, 0.15) is 27.2 Å². The average Bonchev–Trinajstić information content (AvgIpc) is 2.29. The molecule has 1 rings (SSSR count). The molecule has 4 nitrogen and oxygen atoms in total. The van der Waals surface area contributed by atoms with Crippen molar-refractivity contribution in [2.45, 2.75) is 37.6 Å². The zero-order valence-electron chi connectivity index (χ0n) is 11.2. The predicted molar refractivity (Wildman–Crippen MR) is 75.5 cm³/mol. The Labute approximate surface area is 110 Å². The zero-order chi connectivity index (χ0) is 13.8. The second kappa shape index (κ2) is 5.71. The van der Waals surface area contributed by atoms with Crippen LogP contribution in [-0.4, -0.2) is 26.3 Å². The lowest BCUT2D eigenvalue weighted by molar-refractivity contribution is 0.575. The quantitative estimate of drug-likeness (QED) is 0.829. The second-order valence-corrected chi connectivity index (χ2v) is 7.11. The number of anilines is 1. The lowest BCUT2D eigenvalue weighted by Gasteiger charge is -2.27. The molecule has 1 aromatic carbocycles. The number of nitrogens with two attached hydrogens (primary N) is 1. The number of sulfone groups is 1. The smallest absolute Gasteiger partial charge is 0.180 e. The van der Waals surface area contributed by atoms with E-state index in [9.17, 15) is 8.42 Å². The Morgan fingerprint density at radius 1 is 1.28 bits per heavy atom. The van der Waals surface area contributed by atoms with Crippen LogP contribution in [0.25, 0.3) is 0 Å². The van der Waals surface area contributed by atoms with E-state index in [1.807, 2.05) is 26.8 Å². The van der Waals surface area contributed by atoms with Gasteiger partial charge in [0.05, 0.1) is 16.3 Å². The van der Waals surface area contributed by atoms with Gasteiger partial charge in [-0.3, -0.25) is 0 Å². The summed E-state index contributed by atoms with van der Waals surface area (Å²) in [6.45, 7) is 6.17. The van der Waals surface area contributed by atoms with Gasteiger partial charge in [0.1, 0.15) is 0 Å². The van der Waals surface area contributed by atoms with Crippen LogP contribution in [0.3, 0.4) is 0 Å². The molecule has 0 aliphatic heterocycles. The van der Waals surface area contributed by atoms with Gasteiger partial charge in [-0.2, -0.15) is 0 Å². The van der Waals surface area contributed by atoms with Crippen LogP contribution in [0.2, 0.25) is 0 Å². The van der Waals surface area contributed by atoms with Crippen molar-refractivity contribution in [1.82, 2.24) is 0 Å². The highest BCUT2D eigenvalue weighted by atomic mass is 32.2. The zero-order valence-corrected chi connectivity index (χ0v) is 12.0. The molecular formula is C13H22N2O2S. The van der Waals surface area contributed by atoms with E-state index in [1.54, 1.807) is 18.2 Å². The fourth-order valence-electron chi connectivity index (χ4n) is 1.64. The molecule has 0 aromatic heterocycles. The van der Waals surface area contributed by atoms with Crippen LogP contribution in [0.5, 0.6) is 0 Å². The van der Waals surface area contributed by atoms with E-state index < -0.39 is 9.84 Å². The number of hydrogen-bond donors (Lipinski definition) is 2. The maximum Gasteiger partial charge on any atom is 0.180 e. The van der Waals surface area contributed by atoms with Crippen LogP contribution in [-0.2, 0) is 9.84 Å². The van der Waals surface area contributed by atoms with Gasteiger partial charge in [0.2, 0.25) is 0 Å². The molecule has 102 valence electrons. The third-order valence-electron chi connectivity index (χ3n) is 2.68. The van der Waals surface area contributed by atoms with Crippen LogP contribution < -0.4 is 11.1 Å². The number of benzene rings is 1. The van der Waals surface area contributed by atoms with Gasteiger partial charge in [0.15, 0.2) is 9.84 Å². The number of nitrogens with one attached hydrogen (secondary N) is 1. The molecule has 0 radical (unpaired) electrons. The Bertz CT molecular complexity index is 495. The van der Waals surface area contributed by atoms with Gasteiger partial charge < -0.3 is 11.1 Å². The maximum absolute atomic E-state index is 12.2. The molecule has 1 aromatic rings. The minimum Gasteiger partial charge on any atom is -0.378 e. The molecule has 0 spiro atoms. The first-order valence-corrected chi connectivity index (χ1v) is 7.77. The standard InChI is InChI=1S/C13H22N2O2S/c1-4-9-18(16,17)12-8-6-5-7-11(12)15-13(2,3)10-14/h5-8,15H,4,9-10,14H2,1-3H3. The van der Waals surface area contributed by atoms with Gasteiger partial charge in [-0.15, -0.1) is 0 Å². The van der Waals surface area contributed by atoms with Crippen molar-refractivity contribution < 1.29 is 8.42 Å². The predicted octanol–water partition coefficient (Wildman–Crippen LogP) is 2.02. The summed E-state index contributed by atoms with van der Waals surface area (Å²) < 4.78 is 24.3. The second-order valence-electron chi connectivity index (χ2n) is 5.03. The summed E-state index contributed by atoms with van der Waals surface area (Å²) in [6, 6.07) is 6.98. The van der Waals surface area contributed by atoms with E-state index in [1.165, 1.54) is 0 Å². The number of hydrogen-bond acceptors (Lipinski definition) is 4. The molecule has 0 saturated carbocycles. The van der Waals surface area contributed by atoms with Crippen LogP contribution in [0.4, 0.5) is 5.69 Å². The Balaban J connectivity index is 3.15. The van der Waals surface area contributed by atoms with Gasteiger partial charge in [-0.25, -0.2) is 8.42 Å². The van der Waals surface area contributed by atoms with Crippen molar-refractivity contribution in [2.75, 3.05) is 17.6 Å². The van der Waals surface area contributed by atoms with E-state index in [-0.39, 0.29) is 11.3 Å². The van der Waals surface area contributed by atoms with Gasteiger partial charge in [0, 0.05) is 12.1 Å². The summed E-state index contributed by atoms with van der Waals surface area (Å²) in [5.41, 5.74) is 5.95. The molecule has 5 heteroatoms. The van der Waals surface area contributed by atoms with Crippen LogP contribution in [0.15, 0.2) is 29.2 Å². The van der Waals surface area contributed by atoms with Crippen molar-refractivity contribution in [2.24, 2.45) is 5.73 Å². The summed E-state index contributed by atoms with van der Waals surface area (Å²) in [6.07, 6.45) is 0.608. The Morgan fingerprint density at radius 3 is 2.44 bits per heavy atom. The van der Waals surface area contributed by atoms with Crippen molar-refractivity contribution in [3.05, 3.63) is 24.3 Å². The molecule has 0 heterocycles. The maximum atomic E-state index is 12.2. The topological polar surface area (TPSA) is 72.2 Å². The first kappa shape index (κ1) is 15.0. The Kier molecular flexibility index (Phi) is 4.76. The number of para-hydroxylation sites is 1. The van der Waals surface area contributed by atoms with E-state index in [0.29, 0.717) is 23.5 Å². The largest absolute Gasteiger partial charge is 0.378 e. The number of rotatable bonds is 6. The molecule has 3 N–H and O–H groups in total. The molecule has 0 saturated heterocycles. The molecule has 0 bridgehead atoms. The van der Waals surface area contributed by atoms with Crippen molar-refractivity contribution >= 4 is 15.5 Å². The molecule has 0 unspecified atom stereocenters. The fourth-order valence-corrected chi connectivity index (χ4v) is 3.13. The first-order valence-electron chi connectivity index (χ1n) is 6.12. The highest BCUT2D eigenvalue weighted by Crippen LogP contribution is 2.25. The third-order valence-corrected chi connectivity index (χ3v) is 4.65. The first-order chi connectivity index (χ1) is 8.32. The van der Waals surface area contributed by atoms with E-state index in [2.05, 4.69) is 5.32 Å². The normalized spacial score (nSPS) is 12.4. The Morgan fingerprint density at radius 2 is 1.89 bits per heavy atom. The van der Waals surface area contributed by atoms with Crippen molar-refractivity contribution in [3.63, 3.8) is 0 Å². The third kappa shape index (κ3) is 3.71. The van der Waals surface area contributed by atoms with E-state index >= 15 is 0 Å². The van der Waals surface area contributed by atoms with Crippen LogP contribution in [0, 0.1) is 0 Å². The van der Waals surface area contributed by atoms with Crippen molar-refractivity contribution in [1.29, 1.82) is 0 Å². The SMILES string of the molecule is CCCS(=O)(=O)c1ccccc1NC(C)(C)CN. The Hall–Kier alpha value is -1.07. The highest BCUT2D eigenvalue weighted by Gasteiger charge is 2.21. The van der Waals surface area contributed by atoms with Gasteiger partial charge in [-0.05, 0) is 32.4 Å². The monoisotopic (exact) mass is 270 g/mol. The van der Waals surface area contributed by atoms with Crippen molar-refractivity contribution in [3.8, 4) is 0 Å². The summed E-state index contributed by atoms with van der Waals surface area (Å²) in [4.78, 5) is 0.355. The lowest BCUT2D eigenvalue weighted by atomic mass is 10.1. The molecule has 0 atom stereocenters. The lowest BCUT2D eigenvalue weighted by Crippen LogP contribution is -2.39. The fraction of sp³-hybridized carbons (Fsp3) is 0.538. The highest BCUT2D eigenvalue weighted by molar-refractivity contribution is 7.91. The summed E-state index contributed by atoms with van der Waals surface area (Å²) in [5, 5.41) is 3.20. The minimum absolute atomic E-state index is 0.161. The molecule has 0 amide bonds. The molecule has 0 aliphatic rings.